The molecule has 1 fully saturated rings. The van der Waals surface area contributed by atoms with Gasteiger partial charge in [-0.15, -0.1) is 35.3 Å². The average molecular weight is 645 g/mol. The van der Waals surface area contributed by atoms with Gasteiger partial charge < -0.3 is 0 Å². The zero-order chi connectivity index (χ0) is 21.0. The van der Waals surface area contributed by atoms with Crippen molar-refractivity contribution in [2.45, 2.75) is 49.7 Å². The summed E-state index contributed by atoms with van der Waals surface area (Å²) in [5.41, 5.74) is 0. The van der Waals surface area contributed by atoms with Crippen LogP contribution in [0.15, 0.2) is 101 Å². The number of rotatable bonds is 6. The van der Waals surface area contributed by atoms with Crippen LogP contribution in [0.3, 0.4) is 0 Å². The Balaban J connectivity index is 1.63. The summed E-state index contributed by atoms with van der Waals surface area (Å²) in [5.74, 6) is 0. The highest BCUT2D eigenvalue weighted by Crippen LogP contribution is 2.57. The minimum absolute atomic E-state index is 0.102. The van der Waals surface area contributed by atoms with E-state index in [0.717, 1.165) is 6.42 Å². The van der Waals surface area contributed by atoms with E-state index in [2.05, 4.69) is 121 Å². The Hall–Kier alpha value is 0.150. The first-order valence-electron chi connectivity index (χ1n) is 9.83. The molecule has 0 aliphatic heterocycles. The van der Waals surface area contributed by atoms with E-state index in [9.17, 15) is 0 Å². The topological polar surface area (TPSA) is 0 Å². The predicted octanol–water partition coefficient (Wildman–Crippen LogP) is 10.3. The second-order valence-corrected chi connectivity index (χ2v) is 14.3. The number of hydrogen-bond acceptors (Lipinski definition) is 3. The van der Waals surface area contributed by atoms with Crippen molar-refractivity contribution in [3.8, 4) is 0 Å². The summed E-state index contributed by atoms with van der Waals surface area (Å²) in [6.07, 6.45) is 4.88. The number of benzene rings is 3. The van der Waals surface area contributed by atoms with E-state index in [4.69, 9.17) is 0 Å². The fourth-order valence-corrected chi connectivity index (χ4v) is 10.0. The largest absolute Gasteiger partial charge is 0.121 e. The lowest BCUT2D eigenvalue weighted by Gasteiger charge is -2.40. The maximum atomic E-state index is 3.77. The lowest BCUT2D eigenvalue weighted by molar-refractivity contribution is 0.502. The van der Waals surface area contributed by atoms with Crippen molar-refractivity contribution in [1.82, 2.24) is 0 Å². The molecule has 0 N–H and O–H groups in total. The van der Waals surface area contributed by atoms with Crippen LogP contribution in [0.2, 0.25) is 0 Å². The van der Waals surface area contributed by atoms with E-state index in [1.165, 1.54) is 47.4 Å². The Kier molecular flexibility index (Phi) is 8.43. The van der Waals surface area contributed by atoms with E-state index >= 15 is 0 Å². The first kappa shape index (κ1) is 23.3. The van der Waals surface area contributed by atoms with Crippen LogP contribution < -0.4 is 0 Å². The van der Waals surface area contributed by atoms with Gasteiger partial charge in [0.25, 0.3) is 0 Å². The molecule has 1 saturated carbocycles. The summed E-state index contributed by atoms with van der Waals surface area (Å²) < 4.78 is 3.67. The smallest absolute Gasteiger partial charge is 0.0716 e. The summed E-state index contributed by atoms with van der Waals surface area (Å²) in [6, 6.07) is 25.8. The third-order valence-corrected chi connectivity index (χ3v) is 12.4. The fourth-order valence-electron chi connectivity index (χ4n) is 3.63. The molecule has 6 heteroatoms. The van der Waals surface area contributed by atoms with E-state index in [1.54, 1.807) is 0 Å². The molecule has 0 saturated heterocycles. The van der Waals surface area contributed by atoms with Crippen LogP contribution in [-0.4, -0.2) is 9.33 Å². The van der Waals surface area contributed by atoms with Crippen molar-refractivity contribution in [2.75, 3.05) is 0 Å². The molecule has 0 radical (unpaired) electrons. The standard InChI is InChI=1S/C24H21Br3S3/c25-18-9-1-4-12-21(18)28-17-8-7-15-24(16-17,29-22-13-5-2-10-19(22)26)30-23-14-6-3-11-20(23)27/h1-6,9-14,17H,7-8,15-16H2. The Morgan fingerprint density at radius 1 is 0.667 bits per heavy atom. The lowest BCUT2D eigenvalue weighted by Crippen LogP contribution is -2.30. The van der Waals surface area contributed by atoms with Gasteiger partial charge in [0.15, 0.2) is 0 Å². The third-order valence-electron chi connectivity index (χ3n) is 5.02. The molecule has 3 aromatic rings. The molecule has 0 amide bonds. The molecule has 156 valence electrons. The average Bonchev–Trinajstić information content (AvgIpc) is 2.74. The molecule has 1 aliphatic carbocycles. The SMILES string of the molecule is Brc1ccccc1SC1CCCC(Sc2ccccc2Br)(Sc2ccccc2Br)C1. The predicted molar refractivity (Wildman–Crippen MR) is 145 cm³/mol. The van der Waals surface area contributed by atoms with Gasteiger partial charge in [-0.05, 0) is 103 Å². The molecule has 0 nitrogen and oxygen atoms in total. The number of thioether (sulfide) groups is 3. The summed E-state index contributed by atoms with van der Waals surface area (Å²) in [5, 5.41) is 0.599. The molecule has 0 aromatic heterocycles. The second-order valence-electron chi connectivity index (χ2n) is 7.24. The highest BCUT2D eigenvalue weighted by molar-refractivity contribution is 9.11. The van der Waals surface area contributed by atoms with Crippen molar-refractivity contribution < 1.29 is 0 Å². The summed E-state index contributed by atoms with van der Waals surface area (Å²) >= 11 is 17.4. The zero-order valence-electron chi connectivity index (χ0n) is 16.2. The van der Waals surface area contributed by atoms with Gasteiger partial charge >= 0.3 is 0 Å². The number of halogens is 3. The monoisotopic (exact) mass is 642 g/mol. The van der Waals surface area contributed by atoms with Gasteiger partial charge in [-0.2, -0.15) is 0 Å². The van der Waals surface area contributed by atoms with Gasteiger partial charge in [-0.3, -0.25) is 0 Å². The van der Waals surface area contributed by atoms with Crippen molar-refractivity contribution in [3.05, 3.63) is 86.2 Å². The van der Waals surface area contributed by atoms with Crippen LogP contribution in [0.25, 0.3) is 0 Å². The second kappa shape index (κ2) is 10.8. The molecule has 4 rings (SSSR count). The Bertz CT molecular complexity index is 961. The first-order chi connectivity index (χ1) is 14.5. The summed E-state index contributed by atoms with van der Waals surface area (Å²) in [6.45, 7) is 0. The maximum absolute atomic E-state index is 3.77. The normalized spacial score (nSPS) is 18.3. The molecular weight excluding hydrogens is 624 g/mol. The van der Waals surface area contributed by atoms with Crippen LogP contribution in [0, 0.1) is 0 Å². The lowest BCUT2D eigenvalue weighted by atomic mass is 9.99. The van der Waals surface area contributed by atoms with Crippen LogP contribution in [0.1, 0.15) is 25.7 Å². The fraction of sp³-hybridized carbons (Fsp3) is 0.250. The molecule has 1 atom stereocenters. The minimum atomic E-state index is 0.102. The van der Waals surface area contributed by atoms with Gasteiger partial charge in [0.2, 0.25) is 0 Å². The Morgan fingerprint density at radius 3 is 1.63 bits per heavy atom. The van der Waals surface area contributed by atoms with E-state index in [-0.39, 0.29) is 4.08 Å². The maximum Gasteiger partial charge on any atom is 0.0716 e. The van der Waals surface area contributed by atoms with Gasteiger partial charge in [0.05, 0.1) is 4.08 Å². The zero-order valence-corrected chi connectivity index (χ0v) is 23.4. The minimum Gasteiger partial charge on any atom is -0.121 e. The Labute approximate surface area is 217 Å². The van der Waals surface area contributed by atoms with Crippen LogP contribution >= 0.6 is 83.1 Å². The van der Waals surface area contributed by atoms with E-state index in [1.807, 2.05) is 35.3 Å². The van der Waals surface area contributed by atoms with E-state index in [0.29, 0.717) is 5.25 Å². The van der Waals surface area contributed by atoms with Crippen LogP contribution in [0.4, 0.5) is 0 Å². The van der Waals surface area contributed by atoms with Crippen molar-refractivity contribution >= 4 is 83.1 Å². The molecular formula is C24H21Br3S3. The molecule has 1 unspecified atom stereocenters. The van der Waals surface area contributed by atoms with Crippen molar-refractivity contribution in [1.29, 1.82) is 0 Å². The summed E-state index contributed by atoms with van der Waals surface area (Å²) in [7, 11) is 0. The quantitative estimate of drug-likeness (QED) is 0.245. The molecule has 30 heavy (non-hydrogen) atoms. The molecule has 0 bridgehead atoms. The third kappa shape index (κ3) is 5.93. The highest BCUT2D eigenvalue weighted by atomic mass is 79.9. The van der Waals surface area contributed by atoms with Crippen LogP contribution in [-0.2, 0) is 0 Å². The first-order valence-corrected chi connectivity index (χ1v) is 14.7. The molecule has 0 spiro atoms. The van der Waals surface area contributed by atoms with Crippen molar-refractivity contribution in [2.24, 2.45) is 0 Å². The molecule has 3 aromatic carbocycles. The van der Waals surface area contributed by atoms with Crippen molar-refractivity contribution in [3.63, 3.8) is 0 Å². The van der Waals surface area contributed by atoms with Gasteiger partial charge in [0, 0.05) is 33.4 Å². The number of hydrogen-bond donors (Lipinski definition) is 0. The molecule has 1 aliphatic rings. The van der Waals surface area contributed by atoms with Gasteiger partial charge in [-0.25, -0.2) is 0 Å². The van der Waals surface area contributed by atoms with Gasteiger partial charge in [0.1, 0.15) is 0 Å². The molecule has 0 heterocycles. The van der Waals surface area contributed by atoms with Gasteiger partial charge in [-0.1, -0.05) is 42.8 Å². The summed E-state index contributed by atoms with van der Waals surface area (Å²) in [4.78, 5) is 3.99. The van der Waals surface area contributed by atoms with E-state index < -0.39 is 0 Å². The highest BCUT2D eigenvalue weighted by Gasteiger charge is 2.39. The Morgan fingerprint density at radius 2 is 1.13 bits per heavy atom. The van der Waals surface area contributed by atoms with Crippen LogP contribution in [0.5, 0.6) is 0 Å².